The van der Waals surface area contributed by atoms with E-state index in [1.807, 2.05) is 6.08 Å². The molecule has 2 N–H and O–H groups in total. The predicted molar refractivity (Wildman–Crippen MR) is 174 cm³/mol. The lowest BCUT2D eigenvalue weighted by atomic mass is 9.49. The lowest BCUT2D eigenvalue weighted by molar-refractivity contribution is -0.140. The number of nitrogens with zero attached hydrogens (tertiary/aromatic N) is 3. The van der Waals surface area contributed by atoms with Crippen molar-refractivity contribution >= 4 is 64.2 Å². The number of hydrogen-bond acceptors (Lipinski definition) is 8. The average Bonchev–Trinajstić information content (AvgIpc) is 3.43. The third-order valence-corrected chi connectivity index (χ3v) is 11.2. The Morgan fingerprint density at radius 1 is 0.980 bits per heavy atom. The third-order valence-electron chi connectivity index (χ3n) is 10.4. The first-order valence-corrected chi connectivity index (χ1v) is 16.5. The Morgan fingerprint density at radius 2 is 1.68 bits per heavy atom. The summed E-state index contributed by atoms with van der Waals surface area (Å²) in [5.41, 5.74) is 0.990. The van der Waals surface area contributed by atoms with Crippen molar-refractivity contribution in [3.63, 3.8) is 0 Å². The SMILES string of the molecule is COc1cc([C@H]2C3=CC[C@@H]4C(=O)N(C)C(=O)[C@@H]4[C@@H]3C[C@H]3C(=O)N(Nc4ncc(C(F)(F)F)cc4Cl)C(=O)[C@@]23c2ccc(Cl)cc2)cc(Cl)c1O. The van der Waals surface area contributed by atoms with Gasteiger partial charge in [-0.1, -0.05) is 58.6 Å². The van der Waals surface area contributed by atoms with Gasteiger partial charge in [-0.25, -0.2) is 4.98 Å². The summed E-state index contributed by atoms with van der Waals surface area (Å²) in [6, 6.07) is 9.87. The average molecular weight is 750 g/mol. The Morgan fingerprint density at radius 3 is 2.32 bits per heavy atom. The van der Waals surface area contributed by atoms with E-state index in [9.17, 15) is 32.7 Å². The fourth-order valence-corrected chi connectivity index (χ4v) is 8.78. The van der Waals surface area contributed by atoms with Crippen LogP contribution in [-0.4, -0.2) is 57.8 Å². The monoisotopic (exact) mass is 748 g/mol. The van der Waals surface area contributed by atoms with Crippen LogP contribution >= 0.6 is 34.8 Å². The van der Waals surface area contributed by atoms with E-state index in [4.69, 9.17) is 39.5 Å². The summed E-state index contributed by atoms with van der Waals surface area (Å²) in [5, 5.41) is 11.1. The van der Waals surface area contributed by atoms with Gasteiger partial charge in [0, 0.05) is 24.2 Å². The van der Waals surface area contributed by atoms with E-state index < -0.39 is 69.5 Å². The molecule has 260 valence electrons. The first-order valence-electron chi connectivity index (χ1n) is 15.3. The minimum absolute atomic E-state index is 0.0222. The molecule has 3 fully saturated rings. The molecular formula is C34H26Cl3F3N4O6. The van der Waals surface area contributed by atoms with Crippen LogP contribution in [0.3, 0.4) is 0 Å². The molecule has 2 aliphatic carbocycles. The molecule has 50 heavy (non-hydrogen) atoms. The van der Waals surface area contributed by atoms with Gasteiger partial charge in [-0.05, 0) is 60.2 Å². The van der Waals surface area contributed by atoms with Gasteiger partial charge in [0.1, 0.15) is 0 Å². The van der Waals surface area contributed by atoms with Gasteiger partial charge in [-0.3, -0.25) is 29.5 Å². The lowest BCUT2D eigenvalue weighted by Gasteiger charge is -2.50. The van der Waals surface area contributed by atoms with Crippen LogP contribution in [0.25, 0.3) is 0 Å². The van der Waals surface area contributed by atoms with E-state index in [2.05, 4.69) is 10.4 Å². The van der Waals surface area contributed by atoms with Crippen molar-refractivity contribution in [2.45, 2.75) is 30.4 Å². The summed E-state index contributed by atoms with van der Waals surface area (Å²) in [5.74, 6) is -7.53. The lowest BCUT2D eigenvalue weighted by Crippen LogP contribution is -2.53. The number of aromatic hydroxyl groups is 1. The van der Waals surface area contributed by atoms with E-state index in [0.717, 1.165) is 4.90 Å². The fraction of sp³-hybridized carbons (Fsp3) is 0.324. The molecule has 7 rings (SSSR count). The summed E-state index contributed by atoms with van der Waals surface area (Å²) in [7, 11) is 2.72. The Hall–Kier alpha value is -4.33. The van der Waals surface area contributed by atoms with Crippen LogP contribution in [0.15, 0.2) is 60.3 Å². The maximum Gasteiger partial charge on any atom is 0.417 e. The summed E-state index contributed by atoms with van der Waals surface area (Å²) in [4.78, 5) is 61.4. The highest BCUT2D eigenvalue weighted by Gasteiger charge is 2.70. The number of imide groups is 2. The van der Waals surface area contributed by atoms with Gasteiger partial charge in [0.2, 0.25) is 11.8 Å². The number of ether oxygens (including phenoxy) is 1. The zero-order chi connectivity index (χ0) is 36.0. The molecule has 2 aromatic carbocycles. The van der Waals surface area contributed by atoms with Crippen LogP contribution in [0.4, 0.5) is 19.0 Å². The number of fused-ring (bicyclic) bond motifs is 4. The number of benzene rings is 2. The standard InChI is InChI=1S/C34H26Cl3F3N4O6/c1-43-29(46)19-8-7-18-20(25(19)31(43)48)12-21-30(47)44(42-28-23(37)11-16(13-41-28)34(38,39)40)32(49)33(21,15-3-5-17(35)6-4-15)26(18)14-9-22(36)27(45)24(10-14)50-2/h3-7,9-11,13,19-21,25-26,45H,8,12H2,1-2H3,(H,41,42)/t19-,20+,21-,25-,26-,33+/m0/s1. The minimum atomic E-state index is -4.75. The minimum Gasteiger partial charge on any atom is -0.503 e. The number of halogens is 6. The molecule has 10 nitrogen and oxygen atoms in total. The van der Waals surface area contributed by atoms with Crippen molar-refractivity contribution in [2.75, 3.05) is 19.6 Å². The molecule has 0 bridgehead atoms. The number of carbonyl (C=O) groups is 4. The van der Waals surface area contributed by atoms with Gasteiger partial charge in [0.05, 0.1) is 45.9 Å². The van der Waals surface area contributed by atoms with Crippen LogP contribution < -0.4 is 10.2 Å². The number of hydrazine groups is 1. The van der Waals surface area contributed by atoms with Gasteiger partial charge in [-0.15, -0.1) is 0 Å². The topological polar surface area (TPSA) is 129 Å². The van der Waals surface area contributed by atoms with Gasteiger partial charge < -0.3 is 9.84 Å². The largest absolute Gasteiger partial charge is 0.503 e. The fourth-order valence-electron chi connectivity index (χ4n) is 8.23. The van der Waals surface area contributed by atoms with Crippen molar-refractivity contribution in [2.24, 2.45) is 23.7 Å². The normalized spacial score (nSPS) is 27.6. The van der Waals surface area contributed by atoms with Crippen LogP contribution in [0.1, 0.15) is 35.4 Å². The van der Waals surface area contributed by atoms with Crippen molar-refractivity contribution in [1.29, 1.82) is 0 Å². The van der Waals surface area contributed by atoms with Gasteiger partial charge in [0.25, 0.3) is 11.8 Å². The van der Waals surface area contributed by atoms with Crippen molar-refractivity contribution < 1.29 is 42.2 Å². The highest BCUT2D eigenvalue weighted by Crippen LogP contribution is 2.64. The highest BCUT2D eigenvalue weighted by molar-refractivity contribution is 6.33. The van der Waals surface area contributed by atoms with Crippen LogP contribution in [0.2, 0.25) is 15.1 Å². The second-order valence-corrected chi connectivity index (χ2v) is 14.0. The van der Waals surface area contributed by atoms with Crippen LogP contribution in [0, 0.1) is 23.7 Å². The van der Waals surface area contributed by atoms with E-state index in [1.165, 1.54) is 26.3 Å². The number of phenolic OH excluding ortho intramolecular Hbond substituents is 1. The Labute approximate surface area is 297 Å². The smallest absolute Gasteiger partial charge is 0.417 e. The Bertz CT molecular complexity index is 2030. The molecule has 2 saturated heterocycles. The van der Waals surface area contributed by atoms with E-state index in [0.29, 0.717) is 39.0 Å². The predicted octanol–water partition coefficient (Wildman–Crippen LogP) is 6.39. The number of phenols is 1. The Kier molecular flexibility index (Phi) is 8.11. The summed E-state index contributed by atoms with van der Waals surface area (Å²) >= 11 is 19.0. The number of hydrogen-bond donors (Lipinski definition) is 2. The molecule has 4 aliphatic rings. The maximum absolute atomic E-state index is 15.1. The molecule has 3 aromatic rings. The number of methoxy groups -OCH3 is 1. The van der Waals surface area contributed by atoms with Gasteiger partial charge in [-0.2, -0.15) is 18.2 Å². The summed E-state index contributed by atoms with van der Waals surface area (Å²) < 4.78 is 45.6. The zero-order valence-electron chi connectivity index (χ0n) is 26.1. The molecule has 3 heterocycles. The van der Waals surface area contributed by atoms with Crippen molar-refractivity contribution in [1.82, 2.24) is 14.9 Å². The zero-order valence-corrected chi connectivity index (χ0v) is 28.4. The molecule has 1 saturated carbocycles. The second-order valence-electron chi connectivity index (χ2n) is 12.7. The molecule has 0 spiro atoms. The number of alkyl halides is 3. The van der Waals surface area contributed by atoms with E-state index in [-0.39, 0.29) is 41.1 Å². The first-order chi connectivity index (χ1) is 23.6. The third kappa shape index (κ3) is 4.88. The highest BCUT2D eigenvalue weighted by atomic mass is 35.5. The van der Waals surface area contributed by atoms with Gasteiger partial charge in [0.15, 0.2) is 17.3 Å². The molecule has 2 aliphatic heterocycles. The van der Waals surface area contributed by atoms with Gasteiger partial charge >= 0.3 is 6.18 Å². The van der Waals surface area contributed by atoms with Crippen molar-refractivity contribution in [3.05, 3.63) is 92.1 Å². The first kappa shape index (κ1) is 34.1. The van der Waals surface area contributed by atoms with Crippen molar-refractivity contribution in [3.8, 4) is 11.5 Å². The number of allylic oxidation sites excluding steroid dienone is 2. The number of pyridine rings is 1. The molecule has 1 aromatic heterocycles. The van der Waals surface area contributed by atoms with E-state index in [1.54, 1.807) is 24.3 Å². The molecule has 0 radical (unpaired) electrons. The number of aromatic nitrogens is 1. The summed E-state index contributed by atoms with van der Waals surface area (Å²) in [6.07, 6.45) is -2.27. The number of carbonyl (C=O) groups excluding carboxylic acids is 4. The van der Waals surface area contributed by atoms with E-state index >= 15 is 4.79 Å². The quantitative estimate of drug-likeness (QED) is 0.227. The number of likely N-dealkylation sites (tertiary alicyclic amines) is 1. The Balaban J connectivity index is 1.47. The number of nitrogens with one attached hydrogen (secondary N) is 1. The molecular weight excluding hydrogens is 724 g/mol. The van der Waals surface area contributed by atoms with Crippen LogP contribution in [-0.2, 0) is 30.8 Å². The maximum atomic E-state index is 15.1. The number of amides is 4. The molecule has 4 amide bonds. The van der Waals surface area contributed by atoms with Crippen LogP contribution in [0.5, 0.6) is 11.5 Å². The second kappa shape index (κ2) is 11.9. The number of rotatable bonds is 5. The molecule has 0 unspecified atom stereocenters. The summed E-state index contributed by atoms with van der Waals surface area (Å²) in [6.45, 7) is 0. The molecule has 16 heteroatoms. The molecule has 6 atom stereocenters. The number of anilines is 1.